The van der Waals surface area contributed by atoms with E-state index in [1.807, 2.05) is 6.92 Å². The highest BCUT2D eigenvalue weighted by Crippen LogP contribution is 2.13. The number of pyridine rings is 1. The maximum Gasteiger partial charge on any atom is 0.319 e. The minimum Gasteiger partial charge on any atom is -0.506 e. The Bertz CT molecular complexity index is 366. The monoisotopic (exact) mass is 224 g/mol. The molecule has 0 saturated heterocycles. The Kier molecular flexibility index (Phi) is 4.72. The van der Waals surface area contributed by atoms with Crippen LogP contribution in [0.2, 0.25) is 0 Å². The molecule has 0 aliphatic carbocycles. The van der Waals surface area contributed by atoms with E-state index in [-0.39, 0.29) is 18.3 Å². The average Bonchev–Trinajstić information content (AvgIpc) is 2.23. The van der Waals surface area contributed by atoms with E-state index < -0.39 is 0 Å². The summed E-state index contributed by atoms with van der Waals surface area (Å²) < 4.78 is 4.75. The van der Waals surface area contributed by atoms with E-state index >= 15 is 0 Å². The molecule has 16 heavy (non-hydrogen) atoms. The Morgan fingerprint density at radius 1 is 1.56 bits per heavy atom. The number of hydrogen-bond donors (Lipinski definition) is 2. The molecule has 1 aromatic rings. The molecule has 0 aliphatic rings. The van der Waals surface area contributed by atoms with Crippen LogP contribution in [0.25, 0.3) is 0 Å². The first-order valence-corrected chi connectivity index (χ1v) is 5.15. The molecule has 0 unspecified atom stereocenters. The lowest BCUT2D eigenvalue weighted by Gasteiger charge is -2.06. The van der Waals surface area contributed by atoms with Gasteiger partial charge in [-0.2, -0.15) is 0 Å². The van der Waals surface area contributed by atoms with Gasteiger partial charge in [-0.25, -0.2) is 0 Å². The van der Waals surface area contributed by atoms with E-state index in [2.05, 4.69) is 10.3 Å². The molecule has 88 valence electrons. The van der Waals surface area contributed by atoms with Crippen LogP contribution in [-0.4, -0.2) is 29.2 Å². The van der Waals surface area contributed by atoms with Crippen molar-refractivity contribution in [3.63, 3.8) is 0 Å². The summed E-state index contributed by atoms with van der Waals surface area (Å²) >= 11 is 0. The molecule has 0 fully saturated rings. The number of hydrogen-bond acceptors (Lipinski definition) is 5. The summed E-state index contributed by atoms with van der Waals surface area (Å²) in [6, 6.07) is 3.31. The van der Waals surface area contributed by atoms with Crippen LogP contribution in [0.5, 0.6) is 5.75 Å². The van der Waals surface area contributed by atoms with Crippen molar-refractivity contribution in [2.45, 2.75) is 20.4 Å². The van der Waals surface area contributed by atoms with Crippen LogP contribution in [0.1, 0.15) is 18.3 Å². The summed E-state index contributed by atoms with van der Waals surface area (Å²) in [6.45, 7) is 4.42. The molecule has 1 rings (SSSR count). The molecule has 5 nitrogen and oxygen atoms in total. The number of carbonyl (C=O) groups is 1. The SMILES string of the molecule is CCOC(=O)CNCc1nc(C)ccc1O. The average molecular weight is 224 g/mol. The molecule has 1 heterocycles. The molecule has 5 heteroatoms. The number of aromatic nitrogens is 1. The zero-order valence-electron chi connectivity index (χ0n) is 9.49. The maximum absolute atomic E-state index is 11.0. The summed E-state index contributed by atoms with van der Waals surface area (Å²) in [4.78, 5) is 15.2. The number of ether oxygens (including phenoxy) is 1. The number of rotatable bonds is 5. The van der Waals surface area contributed by atoms with Crippen LogP contribution in [-0.2, 0) is 16.1 Å². The van der Waals surface area contributed by atoms with Crippen molar-refractivity contribution in [1.29, 1.82) is 0 Å². The van der Waals surface area contributed by atoms with Crippen molar-refractivity contribution >= 4 is 5.97 Å². The minimum atomic E-state index is -0.311. The van der Waals surface area contributed by atoms with Crippen LogP contribution in [0.4, 0.5) is 0 Å². The Morgan fingerprint density at radius 2 is 2.31 bits per heavy atom. The van der Waals surface area contributed by atoms with E-state index in [9.17, 15) is 9.90 Å². The van der Waals surface area contributed by atoms with E-state index in [1.54, 1.807) is 19.1 Å². The predicted octanol–water partition coefficient (Wildman–Crippen LogP) is 0.748. The lowest BCUT2D eigenvalue weighted by molar-refractivity contribution is -0.142. The summed E-state index contributed by atoms with van der Waals surface area (Å²) in [6.07, 6.45) is 0. The molecule has 0 radical (unpaired) electrons. The van der Waals surface area contributed by atoms with Crippen LogP contribution < -0.4 is 5.32 Å². The van der Waals surface area contributed by atoms with Gasteiger partial charge < -0.3 is 15.2 Å². The normalized spacial score (nSPS) is 10.1. The molecule has 0 saturated carbocycles. The summed E-state index contributed by atoms with van der Waals surface area (Å²) in [5, 5.41) is 12.3. The second kappa shape index (κ2) is 6.07. The zero-order valence-corrected chi connectivity index (χ0v) is 9.49. The van der Waals surface area contributed by atoms with Gasteiger partial charge in [0.2, 0.25) is 0 Å². The quantitative estimate of drug-likeness (QED) is 0.722. The van der Waals surface area contributed by atoms with Gasteiger partial charge in [0.25, 0.3) is 0 Å². The van der Waals surface area contributed by atoms with E-state index in [1.165, 1.54) is 0 Å². The highest BCUT2D eigenvalue weighted by Gasteiger charge is 2.05. The lowest BCUT2D eigenvalue weighted by Crippen LogP contribution is -2.24. The van der Waals surface area contributed by atoms with E-state index in [4.69, 9.17) is 4.74 Å². The smallest absolute Gasteiger partial charge is 0.319 e. The fourth-order valence-electron chi connectivity index (χ4n) is 1.23. The topological polar surface area (TPSA) is 71.5 Å². The molecule has 0 aromatic carbocycles. The fraction of sp³-hybridized carbons (Fsp3) is 0.455. The Balaban J connectivity index is 2.42. The Hall–Kier alpha value is -1.62. The number of aromatic hydroxyl groups is 1. The number of aryl methyl sites for hydroxylation is 1. The third-order valence-corrected chi connectivity index (χ3v) is 1.96. The van der Waals surface area contributed by atoms with E-state index in [0.717, 1.165) is 5.69 Å². The first kappa shape index (κ1) is 12.4. The van der Waals surface area contributed by atoms with Gasteiger partial charge in [-0.1, -0.05) is 0 Å². The van der Waals surface area contributed by atoms with Crippen molar-refractivity contribution in [2.75, 3.05) is 13.2 Å². The first-order chi connectivity index (χ1) is 7.63. The van der Waals surface area contributed by atoms with Gasteiger partial charge in [0.1, 0.15) is 5.75 Å². The highest BCUT2D eigenvalue weighted by atomic mass is 16.5. The first-order valence-electron chi connectivity index (χ1n) is 5.15. The van der Waals surface area contributed by atoms with Crippen molar-refractivity contribution in [3.8, 4) is 5.75 Å². The Morgan fingerprint density at radius 3 is 3.00 bits per heavy atom. The van der Waals surface area contributed by atoms with Crippen molar-refractivity contribution in [1.82, 2.24) is 10.3 Å². The zero-order chi connectivity index (χ0) is 12.0. The fourth-order valence-corrected chi connectivity index (χ4v) is 1.23. The van der Waals surface area contributed by atoms with E-state index in [0.29, 0.717) is 18.8 Å². The third-order valence-electron chi connectivity index (χ3n) is 1.96. The van der Waals surface area contributed by atoms with Crippen molar-refractivity contribution in [2.24, 2.45) is 0 Å². The third kappa shape index (κ3) is 3.86. The van der Waals surface area contributed by atoms with Crippen LogP contribution >= 0.6 is 0 Å². The lowest BCUT2D eigenvalue weighted by atomic mass is 10.3. The second-order valence-corrected chi connectivity index (χ2v) is 3.33. The van der Waals surface area contributed by atoms with Crippen LogP contribution in [0.3, 0.4) is 0 Å². The number of nitrogens with zero attached hydrogens (tertiary/aromatic N) is 1. The molecule has 0 bridgehead atoms. The van der Waals surface area contributed by atoms with Gasteiger partial charge in [0.15, 0.2) is 0 Å². The molecular formula is C11H16N2O3. The van der Waals surface area contributed by atoms with Gasteiger partial charge in [-0.15, -0.1) is 0 Å². The molecule has 0 amide bonds. The second-order valence-electron chi connectivity index (χ2n) is 3.33. The highest BCUT2D eigenvalue weighted by molar-refractivity contribution is 5.71. The Labute approximate surface area is 94.5 Å². The number of carbonyl (C=O) groups excluding carboxylic acids is 1. The van der Waals surface area contributed by atoms with Crippen molar-refractivity contribution in [3.05, 3.63) is 23.5 Å². The largest absolute Gasteiger partial charge is 0.506 e. The van der Waals surface area contributed by atoms with Gasteiger partial charge in [-0.05, 0) is 26.0 Å². The number of nitrogens with one attached hydrogen (secondary N) is 1. The molecule has 0 atom stereocenters. The molecular weight excluding hydrogens is 208 g/mol. The summed E-state index contributed by atoms with van der Waals surface area (Å²) in [5.74, 6) is -0.184. The van der Waals surface area contributed by atoms with Gasteiger partial charge in [-0.3, -0.25) is 9.78 Å². The molecule has 1 aromatic heterocycles. The van der Waals surface area contributed by atoms with Gasteiger partial charge >= 0.3 is 5.97 Å². The summed E-state index contributed by atoms with van der Waals surface area (Å²) in [5.41, 5.74) is 1.36. The minimum absolute atomic E-state index is 0.114. The number of esters is 1. The standard InChI is InChI=1S/C11H16N2O3/c1-3-16-11(15)7-12-6-9-10(14)5-4-8(2)13-9/h4-5,12,14H,3,6-7H2,1-2H3. The van der Waals surface area contributed by atoms with Crippen LogP contribution in [0.15, 0.2) is 12.1 Å². The molecule has 0 aliphatic heterocycles. The predicted molar refractivity (Wildman–Crippen MR) is 59.0 cm³/mol. The summed E-state index contributed by atoms with van der Waals surface area (Å²) in [7, 11) is 0. The van der Waals surface area contributed by atoms with Gasteiger partial charge in [0.05, 0.1) is 18.8 Å². The maximum atomic E-state index is 11.0. The van der Waals surface area contributed by atoms with Crippen molar-refractivity contribution < 1.29 is 14.6 Å². The van der Waals surface area contributed by atoms with Gasteiger partial charge in [0, 0.05) is 12.2 Å². The van der Waals surface area contributed by atoms with Crippen LogP contribution in [0, 0.1) is 6.92 Å². The molecule has 0 spiro atoms. The molecule has 2 N–H and O–H groups in total.